The van der Waals surface area contributed by atoms with E-state index in [1.807, 2.05) is 45.0 Å². The van der Waals surface area contributed by atoms with Gasteiger partial charge in [0.1, 0.15) is 23.3 Å². The van der Waals surface area contributed by atoms with Gasteiger partial charge in [-0.1, -0.05) is 34.6 Å². The van der Waals surface area contributed by atoms with Gasteiger partial charge in [0.15, 0.2) is 0 Å². The molecule has 188 valence electrons. The van der Waals surface area contributed by atoms with E-state index in [4.69, 9.17) is 13.9 Å². The number of anilines is 1. The molecule has 0 amide bonds. The maximum absolute atomic E-state index is 12.0. The molecule has 2 rings (SSSR count). The van der Waals surface area contributed by atoms with Crippen LogP contribution in [0.3, 0.4) is 0 Å². The number of hydrogen-bond acceptors (Lipinski definition) is 5. The van der Waals surface area contributed by atoms with E-state index in [0.717, 1.165) is 39.6 Å². The molecule has 0 aliphatic heterocycles. The molecule has 0 radical (unpaired) electrons. The van der Waals surface area contributed by atoms with E-state index in [1.165, 1.54) is 0 Å². The Morgan fingerprint density at radius 1 is 1.03 bits per heavy atom. The number of aryl methyl sites for hydroxylation is 2. The van der Waals surface area contributed by atoms with Crippen LogP contribution < -0.4 is 14.5 Å². The van der Waals surface area contributed by atoms with Gasteiger partial charge in [-0.15, -0.1) is 0 Å². The second-order valence-corrected chi connectivity index (χ2v) is 15.6. The number of hydrogen-bond donors (Lipinski definition) is 1. The van der Waals surface area contributed by atoms with Crippen molar-refractivity contribution in [3.8, 4) is 17.2 Å². The maximum Gasteiger partial charge on any atom is 0.328 e. The molecule has 1 unspecified atom stereocenters. The summed E-state index contributed by atoms with van der Waals surface area (Å²) in [7, 11) is -1.95. The van der Waals surface area contributed by atoms with Crippen LogP contribution in [0.25, 0.3) is 0 Å². The highest BCUT2D eigenvalue weighted by molar-refractivity contribution is 6.74. The smallest absolute Gasteiger partial charge is 0.328 e. The van der Waals surface area contributed by atoms with Crippen LogP contribution >= 0.6 is 0 Å². The van der Waals surface area contributed by atoms with Crippen molar-refractivity contribution in [2.75, 3.05) is 11.9 Å². The zero-order valence-corrected chi connectivity index (χ0v) is 23.9. The molecule has 5 nitrogen and oxygen atoms in total. The summed E-state index contributed by atoms with van der Waals surface area (Å²) in [5.74, 6) is 2.61. The standard InChI is InChI=1S/C28H43NO4Si/c1-12-31-27(30)21(6)29-22-15-19(4)26(20(5)16-22)32-23-13-14-25(24(17-23)18(2)3)33-34(10,11)28(7,8)9/h13-18,21,29H,12H2,1-11H3. The number of rotatable bonds is 9. The van der Waals surface area contributed by atoms with Crippen molar-refractivity contribution in [2.45, 2.75) is 92.4 Å². The van der Waals surface area contributed by atoms with Gasteiger partial charge >= 0.3 is 5.97 Å². The quantitative estimate of drug-likeness (QED) is 0.288. The zero-order chi connectivity index (χ0) is 25.8. The summed E-state index contributed by atoms with van der Waals surface area (Å²) in [4.78, 5) is 12.0. The van der Waals surface area contributed by atoms with Crippen LogP contribution in [0.5, 0.6) is 17.2 Å². The lowest BCUT2D eigenvalue weighted by molar-refractivity contribution is -0.143. The second kappa shape index (κ2) is 10.9. The summed E-state index contributed by atoms with van der Waals surface area (Å²) in [6.45, 7) is 23.7. The van der Waals surface area contributed by atoms with Gasteiger partial charge in [-0.25, -0.2) is 4.79 Å². The molecular formula is C28H43NO4Si. The Bertz CT molecular complexity index is 985. The molecule has 0 fully saturated rings. The van der Waals surface area contributed by atoms with E-state index in [0.29, 0.717) is 12.5 Å². The first-order valence-corrected chi connectivity index (χ1v) is 15.1. The summed E-state index contributed by atoms with van der Waals surface area (Å²) in [6, 6.07) is 9.70. The molecule has 34 heavy (non-hydrogen) atoms. The van der Waals surface area contributed by atoms with E-state index in [-0.39, 0.29) is 11.0 Å². The Balaban J connectivity index is 2.29. The van der Waals surface area contributed by atoms with Crippen LogP contribution in [0.4, 0.5) is 5.69 Å². The SMILES string of the molecule is CCOC(=O)C(C)Nc1cc(C)c(Oc2ccc(O[Si](C)(C)C(C)(C)C)c(C(C)C)c2)c(C)c1. The van der Waals surface area contributed by atoms with Crippen molar-refractivity contribution in [2.24, 2.45) is 0 Å². The van der Waals surface area contributed by atoms with E-state index in [9.17, 15) is 4.79 Å². The molecule has 0 aliphatic carbocycles. The summed E-state index contributed by atoms with van der Waals surface area (Å²) in [5, 5.41) is 3.35. The first kappa shape index (κ1) is 27.8. The third kappa shape index (κ3) is 6.78. The van der Waals surface area contributed by atoms with Crippen molar-refractivity contribution in [3.05, 3.63) is 47.0 Å². The lowest BCUT2D eigenvalue weighted by atomic mass is 10.0. The van der Waals surface area contributed by atoms with Crippen molar-refractivity contribution in [1.29, 1.82) is 0 Å². The average Bonchev–Trinajstić information content (AvgIpc) is 2.70. The molecule has 1 N–H and O–H groups in total. The minimum atomic E-state index is -1.95. The van der Waals surface area contributed by atoms with Gasteiger partial charge in [0.2, 0.25) is 8.32 Å². The number of carbonyl (C=O) groups excluding carboxylic acids is 1. The molecule has 0 saturated carbocycles. The third-order valence-corrected chi connectivity index (χ3v) is 10.8. The minimum absolute atomic E-state index is 0.130. The molecule has 0 aromatic heterocycles. The first-order chi connectivity index (χ1) is 15.7. The summed E-state index contributed by atoms with van der Waals surface area (Å²) >= 11 is 0. The predicted molar refractivity (Wildman–Crippen MR) is 144 cm³/mol. The molecule has 6 heteroatoms. The van der Waals surface area contributed by atoms with Crippen LogP contribution in [-0.2, 0) is 9.53 Å². The lowest BCUT2D eigenvalue weighted by Gasteiger charge is -2.37. The Kier molecular flexibility index (Phi) is 8.86. The monoisotopic (exact) mass is 485 g/mol. The number of esters is 1. The lowest BCUT2D eigenvalue weighted by Crippen LogP contribution is -2.44. The normalized spacial score (nSPS) is 12.9. The highest BCUT2D eigenvalue weighted by atomic mass is 28.4. The predicted octanol–water partition coefficient (Wildman–Crippen LogP) is 7.97. The van der Waals surface area contributed by atoms with Crippen LogP contribution in [-0.4, -0.2) is 26.9 Å². The van der Waals surface area contributed by atoms with E-state index in [1.54, 1.807) is 6.92 Å². The fraction of sp³-hybridized carbons (Fsp3) is 0.536. The van der Waals surface area contributed by atoms with Gasteiger partial charge in [0.05, 0.1) is 6.61 Å². The largest absolute Gasteiger partial charge is 0.543 e. The molecule has 2 aromatic rings. The fourth-order valence-electron chi connectivity index (χ4n) is 3.45. The molecule has 0 bridgehead atoms. The summed E-state index contributed by atoms with van der Waals surface area (Å²) in [5.41, 5.74) is 4.00. The van der Waals surface area contributed by atoms with Crippen molar-refractivity contribution in [1.82, 2.24) is 0 Å². The molecule has 0 aliphatic rings. The van der Waals surface area contributed by atoms with Crippen molar-refractivity contribution < 1.29 is 18.7 Å². The first-order valence-electron chi connectivity index (χ1n) is 12.2. The second-order valence-electron chi connectivity index (χ2n) is 10.9. The third-order valence-electron chi connectivity index (χ3n) is 6.48. The van der Waals surface area contributed by atoms with Gasteiger partial charge < -0.3 is 19.2 Å². The summed E-state index contributed by atoms with van der Waals surface area (Å²) in [6.07, 6.45) is 0. The van der Waals surface area contributed by atoms with Crippen LogP contribution in [0, 0.1) is 13.8 Å². The van der Waals surface area contributed by atoms with Gasteiger partial charge in [0, 0.05) is 5.69 Å². The Morgan fingerprint density at radius 3 is 2.12 bits per heavy atom. The van der Waals surface area contributed by atoms with E-state index < -0.39 is 14.4 Å². The van der Waals surface area contributed by atoms with Crippen LogP contribution in [0.15, 0.2) is 30.3 Å². The fourth-order valence-corrected chi connectivity index (χ4v) is 4.49. The molecule has 0 saturated heterocycles. The highest BCUT2D eigenvalue weighted by Crippen LogP contribution is 2.41. The highest BCUT2D eigenvalue weighted by Gasteiger charge is 2.39. The van der Waals surface area contributed by atoms with Crippen LogP contribution in [0.2, 0.25) is 18.1 Å². The molecule has 1 atom stereocenters. The van der Waals surface area contributed by atoms with Crippen molar-refractivity contribution in [3.63, 3.8) is 0 Å². The number of carbonyl (C=O) groups is 1. The number of ether oxygens (including phenoxy) is 2. The van der Waals surface area contributed by atoms with Gasteiger partial charge in [-0.05, 0) is 98.8 Å². The maximum atomic E-state index is 12.0. The van der Waals surface area contributed by atoms with E-state index >= 15 is 0 Å². The van der Waals surface area contributed by atoms with E-state index in [2.05, 4.69) is 59.1 Å². The Hall–Kier alpha value is -2.47. The number of benzene rings is 2. The molecular weight excluding hydrogens is 442 g/mol. The zero-order valence-electron chi connectivity index (χ0n) is 22.9. The number of nitrogens with one attached hydrogen (secondary N) is 1. The van der Waals surface area contributed by atoms with Gasteiger partial charge in [0.25, 0.3) is 0 Å². The Labute approximate surface area is 207 Å². The molecule has 0 heterocycles. The Morgan fingerprint density at radius 2 is 1.62 bits per heavy atom. The minimum Gasteiger partial charge on any atom is -0.543 e. The van der Waals surface area contributed by atoms with Crippen molar-refractivity contribution >= 4 is 20.0 Å². The van der Waals surface area contributed by atoms with Gasteiger partial charge in [-0.3, -0.25) is 0 Å². The molecule has 2 aromatic carbocycles. The summed E-state index contributed by atoms with van der Waals surface area (Å²) < 4.78 is 18.1. The average molecular weight is 486 g/mol. The van der Waals surface area contributed by atoms with Crippen LogP contribution in [0.1, 0.15) is 71.1 Å². The molecule has 0 spiro atoms. The van der Waals surface area contributed by atoms with Gasteiger partial charge in [-0.2, -0.15) is 0 Å². The topological polar surface area (TPSA) is 56.8 Å².